The van der Waals surface area contributed by atoms with E-state index in [2.05, 4.69) is 6.92 Å². The molecule has 1 rings (SSSR count). The Hall–Kier alpha value is -1.90. The van der Waals surface area contributed by atoms with Crippen LogP contribution in [-0.2, 0) is 4.79 Å². The molecule has 0 heterocycles. The molecule has 0 bridgehead atoms. The van der Waals surface area contributed by atoms with Crippen LogP contribution in [0.1, 0.15) is 63.9 Å². The molecule has 3 nitrogen and oxygen atoms in total. The number of hydrogen-bond donors (Lipinski definition) is 0. The zero-order valence-electron chi connectivity index (χ0n) is 14.4. The maximum atomic E-state index is 12.0. The minimum Gasteiger partial charge on any atom is -0.485 e. The highest BCUT2D eigenvalue weighted by atomic mass is 16.5. The molecule has 0 unspecified atom stereocenters. The number of carbonyl (C=O) groups excluding carboxylic acids is 2. The SMILES string of the molecule is C/C=C(/CC)c1ccc(OCC(=O)C(C)(C)C)c(C(C)=O)c1. The summed E-state index contributed by atoms with van der Waals surface area (Å²) in [5.74, 6) is 0.417. The lowest BCUT2D eigenvalue weighted by Crippen LogP contribution is -2.26. The predicted molar refractivity (Wildman–Crippen MR) is 90.3 cm³/mol. The van der Waals surface area contributed by atoms with Crippen LogP contribution in [0.5, 0.6) is 5.75 Å². The Balaban J connectivity index is 3.06. The van der Waals surface area contributed by atoms with Gasteiger partial charge in [0.25, 0.3) is 0 Å². The summed E-state index contributed by atoms with van der Waals surface area (Å²) in [6.45, 7) is 11.1. The zero-order chi connectivity index (χ0) is 16.9. The molecule has 120 valence electrons. The minimum absolute atomic E-state index is 0.00813. The van der Waals surface area contributed by atoms with E-state index >= 15 is 0 Å². The van der Waals surface area contributed by atoms with Gasteiger partial charge < -0.3 is 4.74 Å². The van der Waals surface area contributed by atoms with Gasteiger partial charge >= 0.3 is 0 Å². The van der Waals surface area contributed by atoms with Crippen molar-refractivity contribution < 1.29 is 14.3 Å². The summed E-state index contributed by atoms with van der Waals surface area (Å²) >= 11 is 0. The maximum Gasteiger partial charge on any atom is 0.175 e. The van der Waals surface area contributed by atoms with Crippen molar-refractivity contribution in [1.29, 1.82) is 0 Å². The molecule has 3 heteroatoms. The number of ether oxygens (including phenoxy) is 1. The molecular formula is C19H26O3. The van der Waals surface area contributed by atoms with E-state index in [4.69, 9.17) is 4.74 Å². The van der Waals surface area contributed by atoms with Crippen molar-refractivity contribution in [2.45, 2.75) is 48.0 Å². The van der Waals surface area contributed by atoms with Crippen molar-refractivity contribution in [3.8, 4) is 5.75 Å². The van der Waals surface area contributed by atoms with Crippen LogP contribution >= 0.6 is 0 Å². The van der Waals surface area contributed by atoms with Crippen LogP contribution in [0.3, 0.4) is 0 Å². The fraction of sp³-hybridized carbons (Fsp3) is 0.474. The average molecular weight is 302 g/mol. The van der Waals surface area contributed by atoms with Gasteiger partial charge in [-0.25, -0.2) is 0 Å². The second-order valence-electron chi connectivity index (χ2n) is 6.40. The highest BCUT2D eigenvalue weighted by molar-refractivity contribution is 5.98. The highest BCUT2D eigenvalue weighted by Crippen LogP contribution is 2.27. The quantitative estimate of drug-likeness (QED) is 0.716. The summed E-state index contributed by atoms with van der Waals surface area (Å²) in [4.78, 5) is 23.8. The Morgan fingerprint density at radius 2 is 1.86 bits per heavy atom. The Morgan fingerprint density at radius 3 is 2.32 bits per heavy atom. The highest BCUT2D eigenvalue weighted by Gasteiger charge is 2.22. The van der Waals surface area contributed by atoms with Crippen molar-refractivity contribution >= 4 is 17.1 Å². The van der Waals surface area contributed by atoms with Crippen molar-refractivity contribution in [1.82, 2.24) is 0 Å². The third-order valence-electron chi connectivity index (χ3n) is 3.65. The van der Waals surface area contributed by atoms with E-state index in [1.54, 1.807) is 6.07 Å². The molecule has 0 saturated heterocycles. The number of Topliss-reactive ketones (excluding diaryl/α,β-unsaturated/α-hetero) is 2. The van der Waals surface area contributed by atoms with E-state index in [0.717, 1.165) is 12.0 Å². The number of rotatable bonds is 6. The van der Waals surface area contributed by atoms with Crippen LogP contribution in [0.4, 0.5) is 0 Å². The fourth-order valence-corrected chi connectivity index (χ4v) is 2.07. The molecule has 0 atom stereocenters. The Kier molecular flexibility index (Phi) is 6.10. The molecule has 22 heavy (non-hydrogen) atoms. The lowest BCUT2D eigenvalue weighted by atomic mass is 9.91. The fourth-order valence-electron chi connectivity index (χ4n) is 2.07. The smallest absolute Gasteiger partial charge is 0.175 e. The normalized spacial score (nSPS) is 12.2. The van der Waals surface area contributed by atoms with Gasteiger partial charge in [-0.15, -0.1) is 0 Å². The van der Waals surface area contributed by atoms with E-state index in [1.807, 2.05) is 45.9 Å². The Bertz CT molecular complexity index is 589. The van der Waals surface area contributed by atoms with Crippen LogP contribution in [0.2, 0.25) is 0 Å². The summed E-state index contributed by atoms with van der Waals surface area (Å²) in [5, 5.41) is 0. The zero-order valence-corrected chi connectivity index (χ0v) is 14.4. The molecule has 0 aliphatic heterocycles. The van der Waals surface area contributed by atoms with E-state index < -0.39 is 5.41 Å². The van der Waals surface area contributed by atoms with E-state index in [-0.39, 0.29) is 18.2 Å². The molecule has 0 radical (unpaired) electrons. The first-order chi connectivity index (χ1) is 10.2. The number of ketones is 2. The van der Waals surface area contributed by atoms with Gasteiger partial charge in [-0.3, -0.25) is 9.59 Å². The van der Waals surface area contributed by atoms with Crippen molar-refractivity contribution in [3.63, 3.8) is 0 Å². The van der Waals surface area contributed by atoms with E-state index in [1.165, 1.54) is 12.5 Å². The molecule has 0 fully saturated rings. The van der Waals surface area contributed by atoms with Gasteiger partial charge in [0, 0.05) is 5.41 Å². The standard InChI is InChI=1S/C19H26O3/c1-7-14(8-2)15-9-10-17(16(11-15)13(3)20)22-12-18(21)19(4,5)6/h7,9-11H,8,12H2,1-6H3/b14-7-. The van der Waals surface area contributed by atoms with Crippen LogP contribution < -0.4 is 4.74 Å². The number of benzene rings is 1. The van der Waals surface area contributed by atoms with Crippen LogP contribution in [0.25, 0.3) is 5.57 Å². The van der Waals surface area contributed by atoms with Crippen molar-refractivity contribution in [2.24, 2.45) is 5.41 Å². The predicted octanol–water partition coefficient (Wildman–Crippen LogP) is 4.70. The first-order valence-electron chi connectivity index (χ1n) is 7.67. The molecule has 0 N–H and O–H groups in total. The first-order valence-corrected chi connectivity index (χ1v) is 7.67. The molecule has 0 amide bonds. The summed E-state index contributed by atoms with van der Waals surface area (Å²) in [6.07, 6.45) is 2.94. The van der Waals surface area contributed by atoms with Crippen LogP contribution in [0.15, 0.2) is 24.3 Å². The largest absolute Gasteiger partial charge is 0.485 e. The second kappa shape index (κ2) is 7.39. The lowest BCUT2D eigenvalue weighted by molar-refractivity contribution is -0.128. The molecule has 0 aromatic heterocycles. The number of allylic oxidation sites excluding steroid dienone is 2. The third-order valence-corrected chi connectivity index (χ3v) is 3.65. The second-order valence-corrected chi connectivity index (χ2v) is 6.40. The van der Waals surface area contributed by atoms with Gasteiger partial charge in [0.15, 0.2) is 11.6 Å². The summed E-state index contributed by atoms with van der Waals surface area (Å²) in [5.41, 5.74) is 2.27. The summed E-state index contributed by atoms with van der Waals surface area (Å²) in [6, 6.07) is 5.56. The Labute approximate surface area is 133 Å². The first kappa shape index (κ1) is 18.1. The third kappa shape index (κ3) is 4.55. The minimum atomic E-state index is -0.448. The van der Waals surface area contributed by atoms with Gasteiger partial charge in [-0.05, 0) is 43.5 Å². The van der Waals surface area contributed by atoms with Crippen molar-refractivity contribution in [3.05, 3.63) is 35.4 Å². The summed E-state index contributed by atoms with van der Waals surface area (Å²) in [7, 11) is 0. The van der Waals surface area contributed by atoms with Gasteiger partial charge in [0.2, 0.25) is 0 Å². The van der Waals surface area contributed by atoms with Crippen molar-refractivity contribution in [2.75, 3.05) is 6.61 Å². The van der Waals surface area contributed by atoms with Crippen LogP contribution in [-0.4, -0.2) is 18.2 Å². The van der Waals surface area contributed by atoms with Gasteiger partial charge in [-0.2, -0.15) is 0 Å². The average Bonchev–Trinajstić information content (AvgIpc) is 2.45. The Morgan fingerprint density at radius 1 is 1.23 bits per heavy atom. The molecule has 1 aromatic rings. The lowest BCUT2D eigenvalue weighted by Gasteiger charge is -2.18. The molecule has 0 aliphatic rings. The van der Waals surface area contributed by atoms with Gasteiger partial charge in [0.05, 0.1) is 5.56 Å². The monoisotopic (exact) mass is 302 g/mol. The van der Waals surface area contributed by atoms with Gasteiger partial charge in [-0.1, -0.05) is 39.8 Å². The molecular weight excluding hydrogens is 276 g/mol. The van der Waals surface area contributed by atoms with E-state index in [0.29, 0.717) is 11.3 Å². The molecule has 0 spiro atoms. The summed E-state index contributed by atoms with van der Waals surface area (Å²) < 4.78 is 5.60. The van der Waals surface area contributed by atoms with E-state index in [9.17, 15) is 9.59 Å². The maximum absolute atomic E-state index is 12.0. The number of hydrogen-bond acceptors (Lipinski definition) is 3. The molecule has 0 aliphatic carbocycles. The van der Waals surface area contributed by atoms with Crippen LogP contribution in [0, 0.1) is 5.41 Å². The topological polar surface area (TPSA) is 43.4 Å². The molecule has 1 aromatic carbocycles. The molecule has 0 saturated carbocycles. The van der Waals surface area contributed by atoms with Gasteiger partial charge in [0.1, 0.15) is 12.4 Å². The number of carbonyl (C=O) groups is 2.